The number of benzene rings is 1. The Morgan fingerprint density at radius 2 is 1.45 bits per heavy atom. The molecule has 4 nitrogen and oxygen atoms in total. The zero-order valence-electron chi connectivity index (χ0n) is 13.0. The van der Waals surface area contributed by atoms with Gasteiger partial charge in [-0.1, -0.05) is 18.6 Å². The first-order chi connectivity index (χ1) is 10.8. The van der Waals surface area contributed by atoms with Crippen LogP contribution in [-0.4, -0.2) is 60.1 Å². The number of amides is 1. The predicted octanol–water partition coefficient (Wildman–Crippen LogP) is 2.58. The summed E-state index contributed by atoms with van der Waals surface area (Å²) in [4.78, 5) is 14.5. The Kier molecular flexibility index (Phi) is 5.34. The van der Waals surface area contributed by atoms with E-state index in [1.807, 2.05) is 29.2 Å². The van der Waals surface area contributed by atoms with Crippen LogP contribution in [0.25, 0.3) is 0 Å². The Labute approximate surface area is 137 Å². The molecule has 0 N–H and O–H groups in total. The van der Waals surface area contributed by atoms with Crippen molar-refractivity contribution >= 4 is 17.5 Å². The number of alkyl halides is 1. The number of hydrogen-bond acceptors (Lipinski definition) is 3. The molecule has 2 aliphatic heterocycles. The standard InChI is InChI=1S/C17H24ClN3O/c18-14-15-4-6-16(7-5-15)17(22)19-10-12-21(13-11-19)20-8-2-1-3-9-20/h4-7H,1-3,8-14H2. The van der Waals surface area contributed by atoms with Gasteiger partial charge in [-0.05, 0) is 30.5 Å². The summed E-state index contributed by atoms with van der Waals surface area (Å²) in [6.07, 6.45) is 3.95. The van der Waals surface area contributed by atoms with E-state index in [-0.39, 0.29) is 5.91 Å². The van der Waals surface area contributed by atoms with Crippen molar-refractivity contribution in [2.24, 2.45) is 0 Å². The number of hydrogen-bond donors (Lipinski definition) is 0. The lowest BCUT2D eigenvalue weighted by atomic mass is 10.1. The highest BCUT2D eigenvalue weighted by molar-refractivity contribution is 6.17. The summed E-state index contributed by atoms with van der Waals surface area (Å²) in [6, 6.07) is 7.64. The third-order valence-electron chi connectivity index (χ3n) is 4.63. The molecule has 1 amide bonds. The van der Waals surface area contributed by atoms with Crippen molar-refractivity contribution in [3.63, 3.8) is 0 Å². The molecule has 2 saturated heterocycles. The fraction of sp³-hybridized carbons (Fsp3) is 0.588. The van der Waals surface area contributed by atoms with E-state index in [2.05, 4.69) is 10.0 Å². The molecule has 0 saturated carbocycles. The van der Waals surface area contributed by atoms with Crippen LogP contribution in [0, 0.1) is 0 Å². The van der Waals surface area contributed by atoms with Crippen molar-refractivity contribution in [1.82, 2.24) is 14.9 Å². The van der Waals surface area contributed by atoms with Crippen molar-refractivity contribution in [1.29, 1.82) is 0 Å². The first kappa shape index (κ1) is 15.8. The quantitative estimate of drug-likeness (QED) is 0.801. The number of nitrogens with zero attached hydrogens (tertiary/aromatic N) is 3. The minimum atomic E-state index is 0.138. The van der Waals surface area contributed by atoms with Crippen LogP contribution >= 0.6 is 11.6 Å². The van der Waals surface area contributed by atoms with Crippen LogP contribution in [0.5, 0.6) is 0 Å². The highest BCUT2D eigenvalue weighted by atomic mass is 35.5. The van der Waals surface area contributed by atoms with E-state index in [1.54, 1.807) is 0 Å². The van der Waals surface area contributed by atoms with Gasteiger partial charge < -0.3 is 4.90 Å². The van der Waals surface area contributed by atoms with Crippen LogP contribution in [0.2, 0.25) is 0 Å². The van der Waals surface area contributed by atoms with E-state index in [0.29, 0.717) is 5.88 Å². The van der Waals surface area contributed by atoms with E-state index in [0.717, 1.165) is 37.3 Å². The average Bonchev–Trinajstić information content (AvgIpc) is 2.62. The zero-order valence-corrected chi connectivity index (χ0v) is 13.8. The maximum atomic E-state index is 12.5. The molecule has 0 aromatic heterocycles. The summed E-state index contributed by atoms with van der Waals surface area (Å²) in [5.41, 5.74) is 1.81. The maximum Gasteiger partial charge on any atom is 0.253 e. The third kappa shape index (κ3) is 3.62. The molecule has 22 heavy (non-hydrogen) atoms. The lowest BCUT2D eigenvalue weighted by Gasteiger charge is -2.42. The summed E-state index contributed by atoms with van der Waals surface area (Å²) < 4.78 is 0. The molecule has 1 aromatic carbocycles. The second-order valence-corrected chi connectivity index (χ2v) is 6.36. The van der Waals surface area contributed by atoms with Crippen molar-refractivity contribution in [2.45, 2.75) is 25.1 Å². The van der Waals surface area contributed by atoms with E-state index >= 15 is 0 Å². The van der Waals surface area contributed by atoms with E-state index in [4.69, 9.17) is 11.6 Å². The molecular formula is C17H24ClN3O. The maximum absolute atomic E-state index is 12.5. The smallest absolute Gasteiger partial charge is 0.253 e. The molecule has 0 unspecified atom stereocenters. The minimum absolute atomic E-state index is 0.138. The van der Waals surface area contributed by atoms with Crippen molar-refractivity contribution < 1.29 is 4.79 Å². The first-order valence-electron chi connectivity index (χ1n) is 8.22. The number of piperidine rings is 1. The third-order valence-corrected chi connectivity index (χ3v) is 4.94. The van der Waals surface area contributed by atoms with E-state index in [1.165, 1.54) is 32.4 Å². The lowest BCUT2D eigenvalue weighted by Crippen LogP contribution is -2.56. The summed E-state index contributed by atoms with van der Waals surface area (Å²) in [7, 11) is 0. The molecule has 3 rings (SSSR count). The highest BCUT2D eigenvalue weighted by Gasteiger charge is 2.26. The molecule has 0 atom stereocenters. The molecule has 2 fully saturated rings. The topological polar surface area (TPSA) is 26.8 Å². The van der Waals surface area contributed by atoms with Gasteiger partial charge in [0.2, 0.25) is 0 Å². The highest BCUT2D eigenvalue weighted by Crippen LogP contribution is 2.15. The Morgan fingerprint density at radius 1 is 0.864 bits per heavy atom. The van der Waals surface area contributed by atoms with Gasteiger partial charge in [-0.15, -0.1) is 11.6 Å². The number of halogens is 1. The molecular weight excluding hydrogens is 298 g/mol. The van der Waals surface area contributed by atoms with Gasteiger partial charge in [-0.2, -0.15) is 0 Å². The van der Waals surface area contributed by atoms with Crippen molar-refractivity contribution in [2.75, 3.05) is 39.3 Å². The number of carbonyl (C=O) groups is 1. The summed E-state index contributed by atoms with van der Waals surface area (Å²) in [5, 5.41) is 4.90. The van der Waals surface area contributed by atoms with Gasteiger partial charge in [-0.25, -0.2) is 10.0 Å². The predicted molar refractivity (Wildman–Crippen MR) is 88.9 cm³/mol. The lowest BCUT2D eigenvalue weighted by molar-refractivity contribution is -0.0635. The number of rotatable bonds is 3. The van der Waals surface area contributed by atoms with Gasteiger partial charge in [-0.3, -0.25) is 4.79 Å². The van der Waals surface area contributed by atoms with Crippen LogP contribution in [-0.2, 0) is 5.88 Å². The van der Waals surface area contributed by atoms with Crippen LogP contribution in [0.15, 0.2) is 24.3 Å². The molecule has 5 heteroatoms. The van der Waals surface area contributed by atoms with Gasteiger partial charge in [0.15, 0.2) is 0 Å². The fourth-order valence-electron chi connectivity index (χ4n) is 3.26. The van der Waals surface area contributed by atoms with Crippen LogP contribution in [0.4, 0.5) is 0 Å². The molecule has 0 spiro atoms. The van der Waals surface area contributed by atoms with Gasteiger partial charge in [0.05, 0.1) is 0 Å². The zero-order chi connectivity index (χ0) is 15.4. The second kappa shape index (κ2) is 7.44. The average molecular weight is 322 g/mol. The summed E-state index contributed by atoms with van der Waals surface area (Å²) in [6.45, 7) is 5.87. The molecule has 0 bridgehead atoms. The molecule has 0 radical (unpaired) electrons. The van der Waals surface area contributed by atoms with Crippen molar-refractivity contribution in [3.05, 3.63) is 35.4 Å². The molecule has 2 aliphatic rings. The molecule has 1 aromatic rings. The van der Waals surface area contributed by atoms with Crippen LogP contribution < -0.4 is 0 Å². The SMILES string of the molecule is O=C(c1ccc(CCl)cc1)N1CCN(N2CCCCC2)CC1. The second-order valence-electron chi connectivity index (χ2n) is 6.09. The Balaban J connectivity index is 1.54. The fourth-order valence-corrected chi connectivity index (χ4v) is 3.44. The summed E-state index contributed by atoms with van der Waals surface area (Å²) >= 11 is 5.79. The van der Waals surface area contributed by atoms with E-state index < -0.39 is 0 Å². The summed E-state index contributed by atoms with van der Waals surface area (Å²) in [5.74, 6) is 0.627. The number of carbonyl (C=O) groups excluding carboxylic acids is 1. The number of hydrazine groups is 1. The Morgan fingerprint density at radius 3 is 2.05 bits per heavy atom. The van der Waals surface area contributed by atoms with Crippen molar-refractivity contribution in [3.8, 4) is 0 Å². The molecule has 2 heterocycles. The molecule has 0 aliphatic carbocycles. The number of piperazine rings is 1. The van der Waals surface area contributed by atoms with Gasteiger partial charge in [0, 0.05) is 50.7 Å². The Hall–Kier alpha value is -1.10. The van der Waals surface area contributed by atoms with E-state index in [9.17, 15) is 4.79 Å². The minimum Gasteiger partial charge on any atom is -0.336 e. The Bertz CT molecular complexity index is 491. The normalized spacial score (nSPS) is 21.0. The molecule has 120 valence electrons. The van der Waals surface area contributed by atoms with Crippen LogP contribution in [0.1, 0.15) is 35.2 Å². The van der Waals surface area contributed by atoms with Gasteiger partial charge >= 0.3 is 0 Å². The first-order valence-corrected chi connectivity index (χ1v) is 8.75. The van der Waals surface area contributed by atoms with Crippen LogP contribution in [0.3, 0.4) is 0 Å². The van der Waals surface area contributed by atoms with Gasteiger partial charge in [0.1, 0.15) is 0 Å². The van der Waals surface area contributed by atoms with Gasteiger partial charge in [0.25, 0.3) is 5.91 Å². The largest absolute Gasteiger partial charge is 0.336 e. The monoisotopic (exact) mass is 321 g/mol.